The number of likely N-dealkylation sites (tertiary alicyclic amines) is 1. The maximum atomic E-state index is 13.5. The van der Waals surface area contributed by atoms with Crippen molar-refractivity contribution in [3.8, 4) is 16.9 Å². The number of nitrogens with zero attached hydrogens (tertiary/aromatic N) is 3. The number of amides is 1. The van der Waals surface area contributed by atoms with Crippen molar-refractivity contribution < 1.29 is 13.9 Å². The van der Waals surface area contributed by atoms with Gasteiger partial charge in [0.15, 0.2) is 0 Å². The molecule has 0 unspecified atom stereocenters. The lowest BCUT2D eigenvalue weighted by molar-refractivity contribution is 0.0724. The van der Waals surface area contributed by atoms with Crippen molar-refractivity contribution in [2.75, 3.05) is 18.4 Å². The summed E-state index contributed by atoms with van der Waals surface area (Å²) >= 11 is 6.51. The number of piperidine rings is 1. The van der Waals surface area contributed by atoms with Crippen LogP contribution in [0.15, 0.2) is 91.3 Å². The Kier molecular flexibility index (Phi) is 7.78. The Morgan fingerprint density at radius 3 is 2.56 bits per heavy atom. The SMILES string of the molecule is O=C(c1cccc(-c2ccc3ncnc(Nc4ccc(OCc5cccc(F)c5)c(Cl)c4)c3c2)c1)N1CCCCC1. The lowest BCUT2D eigenvalue weighted by atomic mass is 10.0. The van der Waals surface area contributed by atoms with Crippen LogP contribution in [0.1, 0.15) is 35.2 Å². The number of carbonyl (C=O) groups is 1. The Bertz CT molecular complexity index is 1720. The molecule has 1 aliphatic rings. The second-order valence-corrected chi connectivity index (χ2v) is 10.5. The van der Waals surface area contributed by atoms with Crippen molar-refractivity contribution in [2.24, 2.45) is 0 Å². The zero-order chi connectivity index (χ0) is 28.2. The molecular weight excluding hydrogens is 539 g/mol. The van der Waals surface area contributed by atoms with Gasteiger partial charge in [0.05, 0.1) is 10.5 Å². The average molecular weight is 567 g/mol. The van der Waals surface area contributed by atoms with Crippen LogP contribution in [0.3, 0.4) is 0 Å². The molecule has 5 aromatic rings. The van der Waals surface area contributed by atoms with Gasteiger partial charge < -0.3 is 15.0 Å². The number of hydrogen-bond donors (Lipinski definition) is 1. The van der Waals surface area contributed by atoms with Crippen molar-refractivity contribution in [3.05, 3.63) is 113 Å². The largest absolute Gasteiger partial charge is 0.487 e. The average Bonchev–Trinajstić information content (AvgIpc) is 3.01. The molecule has 0 atom stereocenters. The van der Waals surface area contributed by atoms with Gasteiger partial charge in [0.1, 0.15) is 30.3 Å². The van der Waals surface area contributed by atoms with E-state index in [1.165, 1.54) is 24.9 Å². The molecule has 2 heterocycles. The molecule has 1 N–H and O–H groups in total. The van der Waals surface area contributed by atoms with Gasteiger partial charge in [-0.25, -0.2) is 14.4 Å². The third-order valence-corrected chi connectivity index (χ3v) is 7.49. The molecule has 0 bridgehead atoms. The van der Waals surface area contributed by atoms with E-state index in [2.05, 4.69) is 15.3 Å². The summed E-state index contributed by atoms with van der Waals surface area (Å²) in [6, 6.07) is 25.4. The Hall–Kier alpha value is -4.49. The minimum atomic E-state index is -0.310. The fourth-order valence-corrected chi connectivity index (χ4v) is 5.30. The molecule has 1 saturated heterocycles. The van der Waals surface area contributed by atoms with Crippen LogP contribution in [0.4, 0.5) is 15.9 Å². The summed E-state index contributed by atoms with van der Waals surface area (Å²) < 4.78 is 19.3. The number of hydrogen-bond acceptors (Lipinski definition) is 5. The maximum absolute atomic E-state index is 13.5. The number of anilines is 2. The highest BCUT2D eigenvalue weighted by Gasteiger charge is 2.18. The molecule has 6 nitrogen and oxygen atoms in total. The van der Waals surface area contributed by atoms with Crippen LogP contribution in [-0.4, -0.2) is 33.9 Å². The molecule has 8 heteroatoms. The highest BCUT2D eigenvalue weighted by molar-refractivity contribution is 6.32. The van der Waals surface area contributed by atoms with Crippen LogP contribution in [-0.2, 0) is 6.61 Å². The van der Waals surface area contributed by atoms with E-state index in [-0.39, 0.29) is 18.3 Å². The molecule has 4 aromatic carbocycles. The summed E-state index contributed by atoms with van der Waals surface area (Å²) in [6.45, 7) is 1.83. The van der Waals surface area contributed by atoms with E-state index in [1.807, 2.05) is 53.4 Å². The topological polar surface area (TPSA) is 67.3 Å². The standard InChI is InChI=1S/C33H28ClFN4O2/c34-29-19-27(11-13-31(29)41-20-22-6-4-9-26(35)16-22)38-32-28-18-24(10-12-30(28)36-21-37-32)23-7-5-8-25(17-23)33(40)39-14-2-1-3-15-39/h4-13,16-19,21H,1-3,14-15,20H2,(H,36,37,38). The van der Waals surface area contributed by atoms with Crippen LogP contribution in [0.25, 0.3) is 22.0 Å². The first-order valence-electron chi connectivity index (χ1n) is 13.6. The number of rotatable bonds is 7. The number of aromatic nitrogens is 2. The number of ether oxygens (including phenoxy) is 1. The van der Waals surface area contributed by atoms with Gasteiger partial charge in [0.25, 0.3) is 5.91 Å². The predicted octanol–water partition coefficient (Wildman–Crippen LogP) is 8.04. The van der Waals surface area contributed by atoms with E-state index in [0.717, 1.165) is 53.6 Å². The first kappa shape index (κ1) is 26.7. The third-order valence-electron chi connectivity index (χ3n) is 7.20. The van der Waals surface area contributed by atoms with Gasteiger partial charge in [0.2, 0.25) is 0 Å². The molecule has 41 heavy (non-hydrogen) atoms. The highest BCUT2D eigenvalue weighted by Crippen LogP contribution is 2.33. The molecule has 0 radical (unpaired) electrons. The van der Waals surface area contributed by atoms with E-state index in [9.17, 15) is 9.18 Å². The van der Waals surface area contributed by atoms with E-state index in [1.54, 1.807) is 24.3 Å². The Morgan fingerprint density at radius 1 is 0.902 bits per heavy atom. The van der Waals surface area contributed by atoms with Crippen LogP contribution in [0, 0.1) is 5.82 Å². The van der Waals surface area contributed by atoms with Gasteiger partial charge in [-0.1, -0.05) is 41.9 Å². The molecular formula is C33H28ClFN4O2. The molecule has 1 fully saturated rings. The van der Waals surface area contributed by atoms with Crippen molar-refractivity contribution in [1.29, 1.82) is 0 Å². The Balaban J connectivity index is 1.22. The molecule has 0 saturated carbocycles. The number of nitrogens with one attached hydrogen (secondary N) is 1. The monoisotopic (exact) mass is 566 g/mol. The van der Waals surface area contributed by atoms with Crippen LogP contribution < -0.4 is 10.1 Å². The molecule has 206 valence electrons. The first-order chi connectivity index (χ1) is 20.0. The molecule has 6 rings (SSSR count). The van der Waals surface area contributed by atoms with E-state index < -0.39 is 0 Å². The van der Waals surface area contributed by atoms with Crippen LogP contribution >= 0.6 is 11.6 Å². The van der Waals surface area contributed by atoms with E-state index in [4.69, 9.17) is 16.3 Å². The normalized spacial score (nSPS) is 13.3. The summed E-state index contributed by atoms with van der Waals surface area (Å²) in [5.41, 5.74) is 4.84. The number of halogens is 2. The Labute approximate surface area is 242 Å². The fourth-order valence-electron chi connectivity index (χ4n) is 5.07. The van der Waals surface area contributed by atoms with Crippen LogP contribution in [0.5, 0.6) is 5.75 Å². The predicted molar refractivity (Wildman–Crippen MR) is 160 cm³/mol. The lowest BCUT2D eigenvalue weighted by Gasteiger charge is -2.26. The minimum Gasteiger partial charge on any atom is -0.487 e. The molecule has 0 spiro atoms. The summed E-state index contributed by atoms with van der Waals surface area (Å²) in [5.74, 6) is 0.895. The lowest BCUT2D eigenvalue weighted by Crippen LogP contribution is -2.35. The second kappa shape index (κ2) is 11.9. The van der Waals surface area contributed by atoms with Crippen LogP contribution in [0.2, 0.25) is 5.02 Å². The van der Waals surface area contributed by atoms with Gasteiger partial charge in [-0.3, -0.25) is 4.79 Å². The summed E-state index contributed by atoms with van der Waals surface area (Å²) in [7, 11) is 0. The minimum absolute atomic E-state index is 0.0817. The second-order valence-electron chi connectivity index (χ2n) is 10.1. The van der Waals surface area contributed by atoms with Crippen molar-refractivity contribution >= 4 is 39.9 Å². The number of benzene rings is 4. The first-order valence-corrected chi connectivity index (χ1v) is 14.0. The van der Waals surface area contributed by atoms with Gasteiger partial charge in [-0.05, 0) is 90.6 Å². The van der Waals surface area contributed by atoms with Gasteiger partial charge in [0, 0.05) is 29.7 Å². The van der Waals surface area contributed by atoms with E-state index >= 15 is 0 Å². The zero-order valence-corrected chi connectivity index (χ0v) is 23.1. The summed E-state index contributed by atoms with van der Waals surface area (Å²) in [5, 5.41) is 4.60. The summed E-state index contributed by atoms with van der Waals surface area (Å²) in [6.07, 6.45) is 4.81. The third kappa shape index (κ3) is 6.15. The van der Waals surface area contributed by atoms with Gasteiger partial charge in [-0.2, -0.15) is 0 Å². The molecule has 1 amide bonds. The van der Waals surface area contributed by atoms with Crippen molar-refractivity contribution in [1.82, 2.24) is 14.9 Å². The zero-order valence-electron chi connectivity index (χ0n) is 22.3. The van der Waals surface area contributed by atoms with Crippen molar-refractivity contribution in [3.63, 3.8) is 0 Å². The van der Waals surface area contributed by atoms with Gasteiger partial charge in [-0.15, -0.1) is 0 Å². The fraction of sp³-hybridized carbons (Fsp3) is 0.182. The highest BCUT2D eigenvalue weighted by atomic mass is 35.5. The van der Waals surface area contributed by atoms with E-state index in [0.29, 0.717) is 27.7 Å². The summed E-state index contributed by atoms with van der Waals surface area (Å²) in [4.78, 5) is 24.0. The Morgan fingerprint density at radius 2 is 1.73 bits per heavy atom. The van der Waals surface area contributed by atoms with Gasteiger partial charge >= 0.3 is 0 Å². The number of carbonyl (C=O) groups excluding carboxylic acids is 1. The molecule has 1 aliphatic heterocycles. The van der Waals surface area contributed by atoms with Crippen molar-refractivity contribution in [2.45, 2.75) is 25.9 Å². The molecule has 1 aromatic heterocycles. The number of fused-ring (bicyclic) bond motifs is 1. The smallest absolute Gasteiger partial charge is 0.253 e. The quantitative estimate of drug-likeness (QED) is 0.216. The molecule has 0 aliphatic carbocycles. The maximum Gasteiger partial charge on any atom is 0.253 e.